The Balaban J connectivity index is 2.18. The molecule has 0 spiro atoms. The van der Waals surface area contributed by atoms with Crippen LogP contribution in [-0.4, -0.2) is 13.2 Å². The highest BCUT2D eigenvalue weighted by atomic mass is 16.7. The Kier molecular flexibility index (Phi) is 0.596. The normalized spacial score (nSPS) is 30.8. The molecule has 5 heavy (non-hydrogen) atoms. The van der Waals surface area contributed by atoms with Crippen LogP contribution in [0.4, 0.5) is 0 Å². The van der Waals surface area contributed by atoms with Crippen LogP contribution < -0.4 is 0 Å². The molecule has 2 nitrogen and oxygen atoms in total. The van der Waals surface area contributed by atoms with Crippen molar-refractivity contribution < 1.29 is 10.8 Å². The van der Waals surface area contributed by atoms with Crippen molar-refractivity contribution in [3.05, 3.63) is 6.77 Å². The minimum atomic E-state index is -0.0463. The second-order valence-corrected chi connectivity index (χ2v) is 0.780. The van der Waals surface area contributed by atoms with Gasteiger partial charge in [-0.15, -0.1) is 0 Å². The van der Waals surface area contributed by atoms with E-state index in [9.17, 15) is 0 Å². The maximum Gasteiger partial charge on any atom is 0.209 e. The zero-order chi connectivity index (χ0) is 4.41. The summed E-state index contributed by atoms with van der Waals surface area (Å²) in [4.78, 5) is 0. The molecule has 1 fully saturated rings. The number of rotatable bonds is 0. The molecular weight excluding hydrogens is 68.0 g/mol. The van der Waals surface area contributed by atoms with Gasteiger partial charge in [-0.05, 0) is 0 Å². The Morgan fingerprint density at radius 3 is 2.40 bits per heavy atom. The first-order valence-corrected chi connectivity index (χ1v) is 1.49. The van der Waals surface area contributed by atoms with Crippen LogP contribution in [-0.2, 0) is 9.47 Å². The number of hydrogen-bond donors (Lipinski definition) is 0. The van der Waals surface area contributed by atoms with E-state index in [1.54, 1.807) is 0 Å². The molecule has 1 heterocycles. The summed E-state index contributed by atoms with van der Waals surface area (Å²) in [7, 11) is 0. The maximum absolute atomic E-state index is 6.60. The maximum atomic E-state index is 6.60. The largest absolute Gasteiger partial charge is 0.346 e. The van der Waals surface area contributed by atoms with Crippen molar-refractivity contribution in [1.82, 2.24) is 0 Å². The van der Waals surface area contributed by atoms with Gasteiger partial charge < -0.3 is 9.47 Å². The molecule has 0 amide bonds. The van der Waals surface area contributed by atoms with Crippen molar-refractivity contribution >= 4 is 0 Å². The van der Waals surface area contributed by atoms with E-state index < -0.39 is 0 Å². The Bertz CT molecular complexity index is 42.1. The van der Waals surface area contributed by atoms with Gasteiger partial charge in [0.2, 0.25) is 6.77 Å². The molecule has 1 saturated heterocycles. The third-order valence-electron chi connectivity index (χ3n) is 0.405. The van der Waals surface area contributed by atoms with E-state index in [0.29, 0.717) is 13.2 Å². The molecule has 0 atom stereocenters. The summed E-state index contributed by atoms with van der Waals surface area (Å²) in [5, 5.41) is 0. The highest BCUT2D eigenvalue weighted by Crippen LogP contribution is 1.92. The second kappa shape index (κ2) is 1.38. The number of ether oxygens (including phenoxy) is 2. The summed E-state index contributed by atoms with van der Waals surface area (Å²) in [6.45, 7) is 1.03. The standard InChI is InChI=1S/C3H5O2/c1-2-5-3-4-1/h3H,1-2H2/i3D. The Morgan fingerprint density at radius 2 is 2.20 bits per heavy atom. The lowest BCUT2D eigenvalue weighted by Gasteiger charge is -1.73. The van der Waals surface area contributed by atoms with Crippen LogP contribution in [0.25, 0.3) is 0 Å². The van der Waals surface area contributed by atoms with Gasteiger partial charge in [-0.25, -0.2) is 0 Å². The Labute approximate surface area is 32.1 Å². The molecular formula is C3H5O2. The predicted octanol–water partition coefficient (Wildman–Crippen LogP) is 0.152. The SMILES string of the molecule is [2H][C]1OCCO1. The van der Waals surface area contributed by atoms with E-state index in [1.165, 1.54) is 0 Å². The zero-order valence-corrected chi connectivity index (χ0v) is 2.73. The summed E-state index contributed by atoms with van der Waals surface area (Å²) in [6.07, 6.45) is 0. The quantitative estimate of drug-likeness (QED) is 0.407. The molecule has 0 saturated carbocycles. The molecule has 1 aliphatic heterocycles. The fraction of sp³-hybridized carbons (Fsp3) is 0.667. The van der Waals surface area contributed by atoms with Gasteiger partial charge in [-0.1, -0.05) is 0 Å². The van der Waals surface area contributed by atoms with E-state index >= 15 is 0 Å². The van der Waals surface area contributed by atoms with Gasteiger partial charge in [0, 0.05) is 0 Å². The summed E-state index contributed by atoms with van der Waals surface area (Å²) in [6, 6.07) is 0. The van der Waals surface area contributed by atoms with Gasteiger partial charge in [0.1, 0.15) is 0 Å². The highest BCUT2D eigenvalue weighted by Gasteiger charge is 1.95. The highest BCUT2D eigenvalue weighted by molar-refractivity contribution is 4.39. The first kappa shape index (κ1) is 2.16. The van der Waals surface area contributed by atoms with Crippen LogP contribution in [0.2, 0.25) is 0 Å². The lowest BCUT2D eigenvalue weighted by molar-refractivity contribution is 0.159. The van der Waals surface area contributed by atoms with E-state index in [2.05, 4.69) is 9.47 Å². The molecule has 0 aliphatic carbocycles. The van der Waals surface area contributed by atoms with Crippen LogP contribution in [0.3, 0.4) is 0 Å². The fourth-order valence-corrected chi connectivity index (χ4v) is 0.208. The second-order valence-electron chi connectivity index (χ2n) is 0.780. The molecule has 1 aliphatic rings. The summed E-state index contributed by atoms with van der Waals surface area (Å²) < 4.78 is 15.6. The van der Waals surface area contributed by atoms with E-state index in [4.69, 9.17) is 1.37 Å². The fourth-order valence-electron chi connectivity index (χ4n) is 0.208. The first-order chi connectivity index (χ1) is 2.89. The molecule has 1 rings (SSSR count). The van der Waals surface area contributed by atoms with Crippen molar-refractivity contribution in [3.8, 4) is 0 Å². The average molecular weight is 74.1 g/mol. The first-order valence-electron chi connectivity index (χ1n) is 1.99. The van der Waals surface area contributed by atoms with E-state index in [1.807, 2.05) is 0 Å². The third kappa shape index (κ3) is 0.597. The Morgan fingerprint density at radius 1 is 1.60 bits per heavy atom. The molecule has 0 aromatic carbocycles. The van der Waals surface area contributed by atoms with E-state index in [-0.39, 0.29) is 6.77 Å². The van der Waals surface area contributed by atoms with Gasteiger partial charge in [-0.3, -0.25) is 0 Å². The topological polar surface area (TPSA) is 18.5 Å². The molecule has 29 valence electrons. The smallest absolute Gasteiger partial charge is 0.209 e. The van der Waals surface area contributed by atoms with Gasteiger partial charge in [-0.2, -0.15) is 0 Å². The van der Waals surface area contributed by atoms with Crippen molar-refractivity contribution in [2.45, 2.75) is 0 Å². The Hall–Kier alpha value is -0.0800. The van der Waals surface area contributed by atoms with Gasteiger partial charge in [0.05, 0.1) is 14.6 Å². The van der Waals surface area contributed by atoms with E-state index in [0.717, 1.165) is 0 Å². The van der Waals surface area contributed by atoms with Crippen LogP contribution in [0.5, 0.6) is 0 Å². The van der Waals surface area contributed by atoms with Crippen molar-refractivity contribution in [2.24, 2.45) is 0 Å². The molecule has 0 aromatic heterocycles. The van der Waals surface area contributed by atoms with Crippen LogP contribution in [0.15, 0.2) is 0 Å². The molecule has 1 radical (unpaired) electrons. The lowest BCUT2D eigenvalue weighted by atomic mass is 10.8. The zero-order valence-electron chi connectivity index (χ0n) is 3.73. The van der Waals surface area contributed by atoms with Crippen molar-refractivity contribution in [1.29, 1.82) is 0 Å². The van der Waals surface area contributed by atoms with Crippen LogP contribution in [0.1, 0.15) is 1.37 Å². The summed E-state index contributed by atoms with van der Waals surface area (Å²) in [5.74, 6) is 0. The van der Waals surface area contributed by atoms with Crippen LogP contribution in [0, 0.1) is 6.77 Å². The predicted molar refractivity (Wildman–Crippen MR) is 16.2 cm³/mol. The number of hydrogen-bond acceptors (Lipinski definition) is 2. The average Bonchev–Trinajstić information content (AvgIpc) is 1.86. The molecule has 2 heteroatoms. The van der Waals surface area contributed by atoms with Crippen molar-refractivity contribution in [3.63, 3.8) is 0 Å². The van der Waals surface area contributed by atoms with Gasteiger partial charge in [0.15, 0.2) is 0 Å². The summed E-state index contributed by atoms with van der Waals surface area (Å²) in [5.41, 5.74) is 0. The summed E-state index contributed by atoms with van der Waals surface area (Å²) >= 11 is 0. The third-order valence-corrected chi connectivity index (χ3v) is 0.405. The van der Waals surface area contributed by atoms with Crippen LogP contribution >= 0.6 is 0 Å². The van der Waals surface area contributed by atoms with Gasteiger partial charge in [0.25, 0.3) is 0 Å². The molecule has 0 unspecified atom stereocenters. The monoisotopic (exact) mass is 74.0 g/mol. The minimum Gasteiger partial charge on any atom is -0.346 e. The lowest BCUT2D eigenvalue weighted by Crippen LogP contribution is -1.79. The molecule has 0 bridgehead atoms. The van der Waals surface area contributed by atoms with Crippen molar-refractivity contribution in [2.75, 3.05) is 13.2 Å². The van der Waals surface area contributed by atoms with Gasteiger partial charge >= 0.3 is 0 Å². The molecule has 0 aromatic rings. The minimum absolute atomic E-state index is 0.0463. The molecule has 0 N–H and O–H groups in total.